The Bertz CT molecular complexity index is 487. The SMILES string of the molecule is COc1ccsc1C(=O)c1sccc1I. The van der Waals surface area contributed by atoms with Crippen LogP contribution in [0.4, 0.5) is 0 Å². The minimum atomic E-state index is 0.0567. The molecule has 2 nitrogen and oxygen atoms in total. The van der Waals surface area contributed by atoms with E-state index in [4.69, 9.17) is 4.74 Å². The van der Waals surface area contributed by atoms with Crippen LogP contribution < -0.4 is 4.74 Å². The van der Waals surface area contributed by atoms with Gasteiger partial charge in [0, 0.05) is 3.57 Å². The van der Waals surface area contributed by atoms with Gasteiger partial charge in [-0.25, -0.2) is 0 Å². The summed E-state index contributed by atoms with van der Waals surface area (Å²) in [7, 11) is 1.58. The highest BCUT2D eigenvalue weighted by molar-refractivity contribution is 14.1. The molecule has 0 amide bonds. The minimum Gasteiger partial charge on any atom is -0.495 e. The Morgan fingerprint density at radius 1 is 1.27 bits per heavy atom. The van der Waals surface area contributed by atoms with Gasteiger partial charge in [0.2, 0.25) is 5.78 Å². The Labute approximate surface area is 109 Å². The Kier molecular flexibility index (Phi) is 3.42. The number of hydrogen-bond acceptors (Lipinski definition) is 4. The molecule has 15 heavy (non-hydrogen) atoms. The third-order valence-electron chi connectivity index (χ3n) is 1.88. The molecule has 0 aliphatic rings. The molecule has 0 saturated carbocycles. The summed E-state index contributed by atoms with van der Waals surface area (Å²) < 4.78 is 6.13. The van der Waals surface area contributed by atoms with E-state index in [1.165, 1.54) is 22.7 Å². The second-order valence-electron chi connectivity index (χ2n) is 2.74. The van der Waals surface area contributed by atoms with Crippen molar-refractivity contribution in [3.8, 4) is 5.75 Å². The highest BCUT2D eigenvalue weighted by Gasteiger charge is 2.19. The molecular formula is C10H7IO2S2. The van der Waals surface area contributed by atoms with E-state index in [1.54, 1.807) is 7.11 Å². The third-order valence-corrected chi connectivity index (χ3v) is 4.95. The van der Waals surface area contributed by atoms with Gasteiger partial charge in [0.15, 0.2) is 0 Å². The summed E-state index contributed by atoms with van der Waals surface area (Å²) in [5.74, 6) is 0.718. The lowest BCUT2D eigenvalue weighted by Gasteiger charge is -2.00. The van der Waals surface area contributed by atoms with Gasteiger partial charge in [0.25, 0.3) is 0 Å². The lowest BCUT2D eigenvalue weighted by molar-refractivity contribution is 0.104. The second kappa shape index (κ2) is 4.63. The van der Waals surface area contributed by atoms with Crippen molar-refractivity contribution in [2.75, 3.05) is 7.11 Å². The lowest BCUT2D eigenvalue weighted by Crippen LogP contribution is -1.99. The van der Waals surface area contributed by atoms with Gasteiger partial charge in [-0.15, -0.1) is 22.7 Å². The average molecular weight is 350 g/mol. The molecule has 0 fully saturated rings. The first kappa shape index (κ1) is 11.1. The van der Waals surface area contributed by atoms with E-state index in [9.17, 15) is 4.79 Å². The normalized spacial score (nSPS) is 10.3. The predicted molar refractivity (Wildman–Crippen MR) is 71.3 cm³/mol. The topological polar surface area (TPSA) is 26.3 Å². The van der Waals surface area contributed by atoms with Crippen LogP contribution in [0.1, 0.15) is 14.5 Å². The molecule has 2 aromatic rings. The lowest BCUT2D eigenvalue weighted by atomic mass is 10.2. The van der Waals surface area contributed by atoms with Crippen LogP contribution in [-0.4, -0.2) is 12.9 Å². The van der Waals surface area contributed by atoms with Crippen molar-refractivity contribution in [3.05, 3.63) is 36.2 Å². The van der Waals surface area contributed by atoms with Gasteiger partial charge in [-0.3, -0.25) is 4.79 Å². The molecule has 0 radical (unpaired) electrons. The van der Waals surface area contributed by atoms with Crippen LogP contribution in [-0.2, 0) is 0 Å². The quantitative estimate of drug-likeness (QED) is 0.624. The Hall–Kier alpha value is -0.400. The maximum atomic E-state index is 12.1. The number of rotatable bonds is 3. The van der Waals surface area contributed by atoms with Crippen molar-refractivity contribution in [3.63, 3.8) is 0 Å². The maximum absolute atomic E-state index is 12.1. The van der Waals surface area contributed by atoms with Crippen molar-refractivity contribution in [2.45, 2.75) is 0 Å². The van der Waals surface area contributed by atoms with E-state index < -0.39 is 0 Å². The molecule has 0 aliphatic heterocycles. The van der Waals surface area contributed by atoms with Crippen molar-refractivity contribution in [1.29, 1.82) is 0 Å². The van der Waals surface area contributed by atoms with Crippen molar-refractivity contribution in [1.82, 2.24) is 0 Å². The van der Waals surface area contributed by atoms with Gasteiger partial charge in [-0.2, -0.15) is 0 Å². The molecule has 0 atom stereocenters. The maximum Gasteiger partial charge on any atom is 0.217 e. The van der Waals surface area contributed by atoms with Crippen LogP contribution >= 0.6 is 45.3 Å². The zero-order valence-corrected chi connectivity index (χ0v) is 11.6. The van der Waals surface area contributed by atoms with Gasteiger partial charge in [-0.1, -0.05) is 0 Å². The summed E-state index contributed by atoms with van der Waals surface area (Å²) in [5, 5.41) is 3.79. The average Bonchev–Trinajstić information content (AvgIpc) is 2.84. The number of carbonyl (C=O) groups is 1. The first-order valence-electron chi connectivity index (χ1n) is 4.13. The molecule has 2 rings (SSSR count). The van der Waals surface area contributed by atoms with Crippen molar-refractivity contribution >= 4 is 51.0 Å². The second-order valence-corrected chi connectivity index (χ2v) is 5.74. The van der Waals surface area contributed by atoms with Gasteiger partial charge in [-0.05, 0) is 45.5 Å². The van der Waals surface area contributed by atoms with Crippen LogP contribution in [0.15, 0.2) is 22.9 Å². The summed E-state index contributed by atoms with van der Waals surface area (Å²) in [6.45, 7) is 0. The number of thiophene rings is 2. The number of ether oxygens (including phenoxy) is 1. The van der Waals surface area contributed by atoms with Crippen LogP contribution in [0.2, 0.25) is 0 Å². The predicted octanol–water partition coefficient (Wildman–Crippen LogP) is 3.65. The fourth-order valence-corrected chi connectivity index (χ4v) is 3.83. The fourth-order valence-electron chi connectivity index (χ4n) is 1.18. The summed E-state index contributed by atoms with van der Waals surface area (Å²) in [6, 6.07) is 3.76. The van der Waals surface area contributed by atoms with E-state index in [-0.39, 0.29) is 5.78 Å². The molecule has 5 heteroatoms. The Morgan fingerprint density at radius 2 is 1.93 bits per heavy atom. The smallest absolute Gasteiger partial charge is 0.217 e. The molecule has 0 saturated heterocycles. The van der Waals surface area contributed by atoms with Crippen LogP contribution in [0, 0.1) is 3.57 Å². The Morgan fingerprint density at radius 3 is 2.53 bits per heavy atom. The molecule has 0 bridgehead atoms. The van der Waals surface area contributed by atoms with Gasteiger partial charge >= 0.3 is 0 Å². The minimum absolute atomic E-state index is 0.0567. The molecule has 0 aromatic carbocycles. The highest BCUT2D eigenvalue weighted by Crippen LogP contribution is 2.30. The van der Waals surface area contributed by atoms with Crippen LogP contribution in [0.25, 0.3) is 0 Å². The van der Waals surface area contributed by atoms with Gasteiger partial charge in [0.1, 0.15) is 10.6 Å². The first-order valence-corrected chi connectivity index (χ1v) is 6.97. The molecule has 78 valence electrons. The van der Waals surface area contributed by atoms with E-state index in [1.807, 2.05) is 22.9 Å². The zero-order valence-electron chi connectivity index (χ0n) is 7.82. The number of ketones is 1. The van der Waals surface area contributed by atoms with Crippen LogP contribution in [0.3, 0.4) is 0 Å². The summed E-state index contributed by atoms with van der Waals surface area (Å²) >= 11 is 5.06. The van der Waals surface area contributed by atoms with Crippen molar-refractivity contribution < 1.29 is 9.53 Å². The number of carbonyl (C=O) groups excluding carboxylic acids is 1. The monoisotopic (exact) mass is 350 g/mol. The summed E-state index contributed by atoms with van der Waals surface area (Å²) in [4.78, 5) is 13.6. The molecule has 2 aromatic heterocycles. The molecule has 0 aliphatic carbocycles. The third kappa shape index (κ3) is 2.09. The van der Waals surface area contributed by atoms with Gasteiger partial charge in [0.05, 0.1) is 12.0 Å². The summed E-state index contributed by atoms with van der Waals surface area (Å²) in [5.41, 5.74) is 0. The van der Waals surface area contributed by atoms with Crippen molar-refractivity contribution in [2.24, 2.45) is 0 Å². The number of hydrogen-bond donors (Lipinski definition) is 0. The van der Waals surface area contributed by atoms with Crippen LogP contribution in [0.5, 0.6) is 5.75 Å². The molecule has 0 unspecified atom stereocenters. The van der Waals surface area contributed by atoms with E-state index >= 15 is 0 Å². The molecular weight excluding hydrogens is 343 g/mol. The largest absolute Gasteiger partial charge is 0.495 e. The number of halogens is 1. The standard InChI is InChI=1S/C10H7IO2S2/c1-13-7-3-5-15-10(7)8(12)9-6(11)2-4-14-9/h2-5H,1H3. The fraction of sp³-hybridized carbons (Fsp3) is 0.100. The van der Waals surface area contributed by atoms with E-state index in [0.29, 0.717) is 10.6 Å². The Balaban J connectivity index is 2.41. The van der Waals surface area contributed by atoms with E-state index in [2.05, 4.69) is 22.6 Å². The van der Waals surface area contributed by atoms with E-state index in [0.717, 1.165) is 8.45 Å². The molecule has 0 spiro atoms. The molecule has 2 heterocycles. The highest BCUT2D eigenvalue weighted by atomic mass is 127. The zero-order chi connectivity index (χ0) is 10.8. The first-order chi connectivity index (χ1) is 7.24. The summed E-state index contributed by atoms with van der Waals surface area (Å²) in [6.07, 6.45) is 0. The van der Waals surface area contributed by atoms with Gasteiger partial charge < -0.3 is 4.74 Å². The number of methoxy groups -OCH3 is 1. The molecule has 0 N–H and O–H groups in total.